The second-order valence-electron chi connectivity index (χ2n) is 5.23. The molecular weight excluding hydrogens is 276 g/mol. The Balaban J connectivity index is 2.05. The van der Waals surface area contributed by atoms with Crippen LogP contribution in [0.2, 0.25) is 0 Å². The van der Waals surface area contributed by atoms with Gasteiger partial charge in [0.25, 0.3) is 5.91 Å². The van der Waals surface area contributed by atoms with Crippen LogP contribution in [-0.4, -0.2) is 33.7 Å². The van der Waals surface area contributed by atoms with E-state index in [-0.39, 0.29) is 11.9 Å². The van der Waals surface area contributed by atoms with Crippen LogP contribution in [0.15, 0.2) is 24.3 Å². The number of carbonyl (C=O) groups is 1. The fourth-order valence-corrected chi connectivity index (χ4v) is 2.86. The van der Waals surface area contributed by atoms with Crippen LogP contribution in [0, 0.1) is 0 Å². The Morgan fingerprint density at radius 1 is 1.20 bits per heavy atom. The van der Waals surface area contributed by atoms with Gasteiger partial charge in [0.05, 0.1) is 11.9 Å². The van der Waals surface area contributed by atoms with E-state index in [1.165, 1.54) is 24.2 Å². The van der Waals surface area contributed by atoms with Crippen molar-refractivity contribution < 1.29 is 13.2 Å². The molecule has 0 heterocycles. The van der Waals surface area contributed by atoms with Gasteiger partial charge in [-0.3, -0.25) is 9.10 Å². The molecule has 1 N–H and O–H groups in total. The van der Waals surface area contributed by atoms with Crippen molar-refractivity contribution in [2.75, 3.05) is 17.6 Å². The van der Waals surface area contributed by atoms with E-state index in [1.54, 1.807) is 24.3 Å². The van der Waals surface area contributed by atoms with Gasteiger partial charge in [0.1, 0.15) is 0 Å². The molecule has 1 saturated carbocycles. The number of rotatable bonds is 4. The molecule has 2 rings (SSSR count). The monoisotopic (exact) mass is 296 g/mol. The maximum atomic E-state index is 12.0. The topological polar surface area (TPSA) is 66.5 Å². The summed E-state index contributed by atoms with van der Waals surface area (Å²) >= 11 is 0. The third-order valence-corrected chi connectivity index (χ3v) is 4.89. The number of amides is 1. The first-order valence-electron chi connectivity index (χ1n) is 6.73. The van der Waals surface area contributed by atoms with Crippen molar-refractivity contribution in [1.29, 1.82) is 0 Å². The van der Waals surface area contributed by atoms with Crippen LogP contribution in [0.5, 0.6) is 0 Å². The van der Waals surface area contributed by atoms with Gasteiger partial charge in [-0.1, -0.05) is 12.8 Å². The summed E-state index contributed by atoms with van der Waals surface area (Å²) in [5.41, 5.74) is 1.10. The summed E-state index contributed by atoms with van der Waals surface area (Å²) in [5, 5.41) is 3.00. The van der Waals surface area contributed by atoms with E-state index in [9.17, 15) is 13.2 Å². The van der Waals surface area contributed by atoms with E-state index in [0.717, 1.165) is 19.1 Å². The summed E-state index contributed by atoms with van der Waals surface area (Å²) in [4.78, 5) is 12.0. The average molecular weight is 296 g/mol. The summed E-state index contributed by atoms with van der Waals surface area (Å²) in [5.74, 6) is -0.0922. The van der Waals surface area contributed by atoms with Gasteiger partial charge < -0.3 is 5.32 Å². The van der Waals surface area contributed by atoms with E-state index >= 15 is 0 Å². The standard InChI is InChI=1S/C14H20N2O3S/c1-16(20(2,18)19)13-9-7-11(8-10-13)14(17)15-12-5-3-4-6-12/h7-10,12H,3-6H2,1-2H3,(H,15,17). The number of hydrogen-bond donors (Lipinski definition) is 1. The first-order chi connectivity index (χ1) is 9.38. The highest BCUT2D eigenvalue weighted by Gasteiger charge is 2.18. The molecule has 0 saturated heterocycles. The molecule has 1 aliphatic rings. The molecule has 0 aliphatic heterocycles. The molecule has 1 fully saturated rings. The molecule has 5 nitrogen and oxygen atoms in total. The zero-order chi connectivity index (χ0) is 14.8. The highest BCUT2D eigenvalue weighted by Crippen LogP contribution is 2.19. The minimum Gasteiger partial charge on any atom is -0.349 e. The number of hydrogen-bond acceptors (Lipinski definition) is 3. The Bertz CT molecular complexity index is 575. The van der Waals surface area contributed by atoms with E-state index < -0.39 is 10.0 Å². The van der Waals surface area contributed by atoms with Gasteiger partial charge in [-0.25, -0.2) is 8.42 Å². The largest absolute Gasteiger partial charge is 0.349 e. The Labute approximate surface area is 120 Å². The Morgan fingerprint density at radius 3 is 2.25 bits per heavy atom. The van der Waals surface area contributed by atoms with Crippen LogP contribution in [0.3, 0.4) is 0 Å². The Morgan fingerprint density at radius 2 is 1.75 bits per heavy atom. The first kappa shape index (κ1) is 14.8. The second kappa shape index (κ2) is 5.83. The van der Waals surface area contributed by atoms with E-state index in [0.29, 0.717) is 11.3 Å². The molecule has 20 heavy (non-hydrogen) atoms. The minimum absolute atomic E-state index is 0.0922. The lowest BCUT2D eigenvalue weighted by Gasteiger charge is -2.17. The summed E-state index contributed by atoms with van der Waals surface area (Å²) in [6.07, 6.45) is 5.57. The van der Waals surface area contributed by atoms with Crippen LogP contribution in [0.1, 0.15) is 36.0 Å². The van der Waals surface area contributed by atoms with Crippen LogP contribution in [0.25, 0.3) is 0 Å². The molecule has 110 valence electrons. The fraction of sp³-hybridized carbons (Fsp3) is 0.500. The van der Waals surface area contributed by atoms with Crippen LogP contribution in [-0.2, 0) is 10.0 Å². The molecule has 1 aromatic rings. The summed E-state index contributed by atoms with van der Waals surface area (Å²) in [7, 11) is -1.79. The molecule has 1 amide bonds. The molecule has 0 unspecified atom stereocenters. The van der Waals surface area contributed by atoms with Crippen molar-refractivity contribution in [3.05, 3.63) is 29.8 Å². The lowest BCUT2D eigenvalue weighted by Crippen LogP contribution is -2.32. The van der Waals surface area contributed by atoms with E-state index in [4.69, 9.17) is 0 Å². The van der Waals surface area contributed by atoms with Gasteiger partial charge in [-0.2, -0.15) is 0 Å². The van der Waals surface area contributed by atoms with Crippen molar-refractivity contribution in [2.45, 2.75) is 31.7 Å². The molecule has 6 heteroatoms. The van der Waals surface area contributed by atoms with Gasteiger partial charge in [-0.15, -0.1) is 0 Å². The molecule has 0 atom stereocenters. The third kappa shape index (κ3) is 3.50. The summed E-state index contributed by atoms with van der Waals surface area (Å²) in [6, 6.07) is 6.87. The van der Waals surface area contributed by atoms with Crippen molar-refractivity contribution in [3.8, 4) is 0 Å². The molecule has 0 spiro atoms. The van der Waals surface area contributed by atoms with Gasteiger partial charge in [0, 0.05) is 18.7 Å². The zero-order valence-corrected chi connectivity index (χ0v) is 12.6. The number of anilines is 1. The third-order valence-electron chi connectivity index (χ3n) is 3.68. The smallest absolute Gasteiger partial charge is 0.251 e. The number of carbonyl (C=O) groups excluding carboxylic acids is 1. The van der Waals surface area contributed by atoms with Gasteiger partial charge in [0.2, 0.25) is 10.0 Å². The molecule has 1 aliphatic carbocycles. The van der Waals surface area contributed by atoms with Gasteiger partial charge in [-0.05, 0) is 37.1 Å². The minimum atomic E-state index is -3.27. The zero-order valence-electron chi connectivity index (χ0n) is 11.8. The molecule has 0 bridgehead atoms. The van der Waals surface area contributed by atoms with Gasteiger partial charge >= 0.3 is 0 Å². The molecule has 0 aromatic heterocycles. The SMILES string of the molecule is CN(c1ccc(C(=O)NC2CCCC2)cc1)S(C)(=O)=O. The van der Waals surface area contributed by atoms with Crippen molar-refractivity contribution in [3.63, 3.8) is 0 Å². The number of sulfonamides is 1. The van der Waals surface area contributed by atoms with Crippen molar-refractivity contribution in [2.24, 2.45) is 0 Å². The predicted octanol–water partition coefficient (Wildman–Crippen LogP) is 1.75. The summed E-state index contributed by atoms with van der Waals surface area (Å²) < 4.78 is 24.0. The van der Waals surface area contributed by atoms with Crippen LogP contribution in [0.4, 0.5) is 5.69 Å². The normalized spacial score (nSPS) is 16.1. The maximum Gasteiger partial charge on any atom is 0.251 e. The average Bonchev–Trinajstić information content (AvgIpc) is 2.90. The Hall–Kier alpha value is -1.56. The van der Waals surface area contributed by atoms with E-state index in [2.05, 4.69) is 5.32 Å². The second-order valence-corrected chi connectivity index (χ2v) is 7.25. The lowest BCUT2D eigenvalue weighted by atomic mass is 10.1. The number of nitrogens with zero attached hydrogens (tertiary/aromatic N) is 1. The first-order valence-corrected chi connectivity index (χ1v) is 8.57. The van der Waals surface area contributed by atoms with Crippen LogP contribution < -0.4 is 9.62 Å². The Kier molecular flexibility index (Phi) is 4.32. The summed E-state index contributed by atoms with van der Waals surface area (Å²) in [6.45, 7) is 0. The van der Waals surface area contributed by atoms with Crippen molar-refractivity contribution in [1.82, 2.24) is 5.32 Å². The molecule has 1 aromatic carbocycles. The van der Waals surface area contributed by atoms with E-state index in [1.807, 2.05) is 0 Å². The molecule has 0 radical (unpaired) electrons. The highest BCUT2D eigenvalue weighted by molar-refractivity contribution is 7.92. The number of benzene rings is 1. The molecular formula is C14H20N2O3S. The fourth-order valence-electron chi connectivity index (χ4n) is 2.35. The van der Waals surface area contributed by atoms with Crippen LogP contribution >= 0.6 is 0 Å². The highest BCUT2D eigenvalue weighted by atomic mass is 32.2. The lowest BCUT2D eigenvalue weighted by molar-refractivity contribution is 0.0938. The van der Waals surface area contributed by atoms with Crippen molar-refractivity contribution >= 4 is 21.6 Å². The predicted molar refractivity (Wildman–Crippen MR) is 79.4 cm³/mol. The maximum absolute atomic E-state index is 12.0. The quantitative estimate of drug-likeness (QED) is 0.920. The number of nitrogens with one attached hydrogen (secondary N) is 1. The van der Waals surface area contributed by atoms with Gasteiger partial charge in [0.15, 0.2) is 0 Å².